The van der Waals surface area contributed by atoms with Crippen molar-refractivity contribution in [2.24, 2.45) is 0 Å². The van der Waals surface area contributed by atoms with Gasteiger partial charge >= 0.3 is 0 Å². The van der Waals surface area contributed by atoms with Crippen molar-refractivity contribution in [3.63, 3.8) is 0 Å². The monoisotopic (exact) mass is 331 g/mol. The highest BCUT2D eigenvalue weighted by Gasteiger charge is 2.28. The van der Waals surface area contributed by atoms with E-state index in [0.29, 0.717) is 25.5 Å². The van der Waals surface area contributed by atoms with Gasteiger partial charge in [0.15, 0.2) is 5.69 Å². The Labute approximate surface area is 138 Å². The summed E-state index contributed by atoms with van der Waals surface area (Å²) < 4.78 is 20.7. The highest BCUT2D eigenvalue weighted by atomic mass is 19.1. The second-order valence-electron chi connectivity index (χ2n) is 5.78. The van der Waals surface area contributed by atoms with Crippen LogP contribution in [0.25, 0.3) is 5.69 Å². The SMILES string of the molecule is Cc1cc(=O)c(C(=O)N2CCOC[C@@H]2C)nn1-c1ccccc1F. The highest BCUT2D eigenvalue weighted by molar-refractivity contribution is 5.92. The van der Waals surface area contributed by atoms with Crippen molar-refractivity contribution >= 4 is 5.91 Å². The predicted octanol–water partition coefficient (Wildman–Crippen LogP) is 1.54. The van der Waals surface area contributed by atoms with E-state index < -0.39 is 17.2 Å². The third kappa shape index (κ3) is 2.94. The molecule has 0 saturated carbocycles. The average molecular weight is 331 g/mol. The molecular formula is C17H18FN3O3. The molecule has 1 aromatic carbocycles. The van der Waals surface area contributed by atoms with Crippen molar-refractivity contribution in [2.45, 2.75) is 19.9 Å². The summed E-state index contributed by atoms with van der Waals surface area (Å²) in [5.41, 5.74) is -0.0304. The van der Waals surface area contributed by atoms with Crippen molar-refractivity contribution in [2.75, 3.05) is 19.8 Å². The molecule has 0 unspecified atom stereocenters. The summed E-state index contributed by atoms with van der Waals surface area (Å²) in [4.78, 5) is 26.5. The minimum atomic E-state index is -0.477. The minimum absolute atomic E-state index is 0.143. The number of nitrogens with zero attached hydrogens (tertiary/aromatic N) is 3. The molecule has 7 heteroatoms. The summed E-state index contributed by atoms with van der Waals surface area (Å²) in [6.07, 6.45) is 0. The van der Waals surface area contributed by atoms with Gasteiger partial charge in [0.25, 0.3) is 5.91 Å². The summed E-state index contributed by atoms with van der Waals surface area (Å²) >= 11 is 0. The maximum atomic E-state index is 14.1. The van der Waals surface area contributed by atoms with E-state index in [1.165, 1.54) is 16.8 Å². The molecule has 6 nitrogen and oxygen atoms in total. The van der Waals surface area contributed by atoms with Gasteiger partial charge in [-0.05, 0) is 26.0 Å². The normalized spacial score (nSPS) is 17.8. The first kappa shape index (κ1) is 16.3. The molecule has 3 rings (SSSR count). The van der Waals surface area contributed by atoms with Crippen molar-refractivity contribution in [3.8, 4) is 5.69 Å². The molecule has 1 fully saturated rings. The van der Waals surface area contributed by atoms with E-state index in [4.69, 9.17) is 4.74 Å². The maximum Gasteiger partial charge on any atom is 0.278 e. The van der Waals surface area contributed by atoms with Gasteiger partial charge in [-0.1, -0.05) is 12.1 Å². The van der Waals surface area contributed by atoms with Crippen LogP contribution in [-0.2, 0) is 4.74 Å². The number of morpholine rings is 1. The fourth-order valence-electron chi connectivity index (χ4n) is 2.73. The average Bonchev–Trinajstić information content (AvgIpc) is 2.56. The molecule has 1 aliphatic rings. The van der Waals surface area contributed by atoms with Crippen molar-refractivity contribution in [1.82, 2.24) is 14.7 Å². The number of aryl methyl sites for hydroxylation is 1. The van der Waals surface area contributed by atoms with Gasteiger partial charge < -0.3 is 9.64 Å². The smallest absolute Gasteiger partial charge is 0.278 e. The molecule has 0 radical (unpaired) electrons. The number of para-hydroxylation sites is 1. The molecule has 2 heterocycles. The number of benzene rings is 1. The number of hydrogen-bond donors (Lipinski definition) is 0. The molecule has 2 aromatic rings. The van der Waals surface area contributed by atoms with Crippen molar-refractivity contribution in [3.05, 3.63) is 57.8 Å². The van der Waals surface area contributed by atoms with Crippen LogP contribution in [0.1, 0.15) is 23.1 Å². The van der Waals surface area contributed by atoms with Gasteiger partial charge in [-0.3, -0.25) is 9.59 Å². The summed E-state index contributed by atoms with van der Waals surface area (Å²) in [5, 5.41) is 4.14. The van der Waals surface area contributed by atoms with Crippen LogP contribution >= 0.6 is 0 Å². The van der Waals surface area contributed by atoms with Gasteiger partial charge in [0.05, 0.1) is 19.3 Å². The van der Waals surface area contributed by atoms with Crippen LogP contribution in [0.2, 0.25) is 0 Å². The molecule has 0 spiro atoms. The molecule has 0 aliphatic carbocycles. The zero-order valence-electron chi connectivity index (χ0n) is 13.5. The van der Waals surface area contributed by atoms with Crippen molar-refractivity contribution < 1.29 is 13.9 Å². The lowest BCUT2D eigenvalue weighted by molar-refractivity contribution is 0.00309. The molecule has 1 aromatic heterocycles. The Bertz CT molecular complexity index is 834. The topological polar surface area (TPSA) is 64.4 Å². The number of carbonyl (C=O) groups excluding carboxylic acids is 1. The number of ether oxygens (including phenoxy) is 1. The second kappa shape index (κ2) is 6.52. The van der Waals surface area contributed by atoms with Crippen LogP contribution in [0.4, 0.5) is 4.39 Å². The van der Waals surface area contributed by atoms with Crippen LogP contribution < -0.4 is 5.43 Å². The Balaban J connectivity index is 2.06. The van der Waals surface area contributed by atoms with Gasteiger partial charge in [0.2, 0.25) is 5.43 Å². The number of carbonyl (C=O) groups is 1. The fraction of sp³-hybridized carbons (Fsp3) is 0.353. The van der Waals surface area contributed by atoms with E-state index >= 15 is 0 Å². The van der Waals surface area contributed by atoms with Crippen LogP contribution in [-0.4, -0.2) is 46.4 Å². The molecule has 1 amide bonds. The Hall–Kier alpha value is -2.54. The van der Waals surface area contributed by atoms with E-state index in [1.54, 1.807) is 30.0 Å². The Kier molecular flexibility index (Phi) is 4.44. The van der Waals surface area contributed by atoms with Crippen LogP contribution in [0.5, 0.6) is 0 Å². The maximum absolute atomic E-state index is 14.1. The predicted molar refractivity (Wildman–Crippen MR) is 85.8 cm³/mol. The lowest BCUT2D eigenvalue weighted by Gasteiger charge is -2.32. The van der Waals surface area contributed by atoms with Gasteiger partial charge in [0, 0.05) is 18.3 Å². The highest BCUT2D eigenvalue weighted by Crippen LogP contribution is 2.14. The zero-order valence-corrected chi connectivity index (χ0v) is 13.5. The van der Waals surface area contributed by atoms with Crippen LogP contribution in [0.3, 0.4) is 0 Å². The summed E-state index contributed by atoms with van der Waals surface area (Å²) in [5.74, 6) is -0.934. The number of halogens is 1. The van der Waals surface area contributed by atoms with E-state index in [9.17, 15) is 14.0 Å². The van der Waals surface area contributed by atoms with Crippen LogP contribution in [0, 0.1) is 12.7 Å². The minimum Gasteiger partial charge on any atom is -0.377 e. The fourth-order valence-corrected chi connectivity index (χ4v) is 2.73. The first-order chi connectivity index (χ1) is 11.5. The quantitative estimate of drug-likeness (QED) is 0.837. The van der Waals surface area contributed by atoms with E-state index in [0.717, 1.165) is 0 Å². The second-order valence-corrected chi connectivity index (χ2v) is 5.78. The molecule has 1 aliphatic heterocycles. The third-order valence-electron chi connectivity index (χ3n) is 4.02. The molecule has 0 N–H and O–H groups in total. The molecule has 1 atom stereocenters. The summed E-state index contributed by atoms with van der Waals surface area (Å²) in [7, 11) is 0. The molecule has 0 bridgehead atoms. The Morgan fingerprint density at radius 1 is 1.38 bits per heavy atom. The largest absolute Gasteiger partial charge is 0.377 e. The number of amides is 1. The molecule has 1 saturated heterocycles. The van der Waals surface area contributed by atoms with E-state index in [2.05, 4.69) is 5.10 Å². The number of aromatic nitrogens is 2. The summed E-state index contributed by atoms with van der Waals surface area (Å²) in [6, 6.07) is 7.25. The Morgan fingerprint density at radius 3 is 2.83 bits per heavy atom. The standard InChI is InChI=1S/C17H18FN3O3/c1-11-9-15(22)16(17(23)20-7-8-24-10-12(20)2)19-21(11)14-6-4-3-5-13(14)18/h3-6,9,12H,7-8,10H2,1-2H3/t12-/m0/s1. The first-order valence-corrected chi connectivity index (χ1v) is 7.73. The summed E-state index contributed by atoms with van der Waals surface area (Å²) in [6.45, 7) is 4.73. The van der Waals surface area contributed by atoms with Gasteiger partial charge in [-0.15, -0.1) is 0 Å². The van der Waals surface area contributed by atoms with E-state index in [-0.39, 0.29) is 17.4 Å². The first-order valence-electron chi connectivity index (χ1n) is 7.73. The van der Waals surface area contributed by atoms with Crippen LogP contribution in [0.15, 0.2) is 35.1 Å². The Morgan fingerprint density at radius 2 is 2.12 bits per heavy atom. The molecule has 24 heavy (non-hydrogen) atoms. The van der Waals surface area contributed by atoms with Crippen molar-refractivity contribution in [1.29, 1.82) is 0 Å². The zero-order chi connectivity index (χ0) is 17.3. The van der Waals surface area contributed by atoms with Gasteiger partial charge in [-0.25, -0.2) is 9.07 Å². The third-order valence-corrected chi connectivity index (χ3v) is 4.02. The lowest BCUT2D eigenvalue weighted by Crippen LogP contribution is -2.48. The molecule has 126 valence electrons. The number of rotatable bonds is 2. The van der Waals surface area contributed by atoms with E-state index in [1.807, 2.05) is 6.92 Å². The number of hydrogen-bond acceptors (Lipinski definition) is 4. The van der Waals surface area contributed by atoms with Gasteiger partial charge in [0.1, 0.15) is 11.5 Å². The van der Waals surface area contributed by atoms with Gasteiger partial charge in [-0.2, -0.15) is 5.10 Å². The molecular weight excluding hydrogens is 313 g/mol. The lowest BCUT2D eigenvalue weighted by atomic mass is 10.2.